The summed E-state index contributed by atoms with van der Waals surface area (Å²) < 4.78 is 13.4. The molecule has 0 aromatic heterocycles. The summed E-state index contributed by atoms with van der Waals surface area (Å²) in [6.07, 6.45) is 3.34. The number of fused-ring (bicyclic) bond motifs is 8. The zero-order valence-corrected chi connectivity index (χ0v) is 36.6. The highest BCUT2D eigenvalue weighted by Crippen LogP contribution is 2.43. The lowest BCUT2D eigenvalue weighted by Gasteiger charge is -2.28. The Balaban J connectivity index is 1.93. The molecule has 0 unspecified atom stereocenters. The number of phenolic OH excluding ortho intramolecular Hbond substituents is 2. The Morgan fingerprint density at radius 1 is 0.411 bits per heavy atom. The molecule has 6 heteroatoms. The van der Waals surface area contributed by atoms with E-state index in [9.17, 15) is 10.2 Å². The first-order valence-corrected chi connectivity index (χ1v) is 20.7. The number of hydrogen-bond donors (Lipinski definition) is 4. The Morgan fingerprint density at radius 2 is 0.625 bits per heavy atom. The molecule has 1 aliphatic rings. The van der Waals surface area contributed by atoms with E-state index in [1.807, 2.05) is 0 Å². The van der Waals surface area contributed by atoms with Gasteiger partial charge in [-0.05, 0) is 114 Å². The number of ether oxygens (including phenoxy) is 2. The molecule has 0 spiro atoms. The number of hydrogen-bond acceptors (Lipinski definition) is 6. The van der Waals surface area contributed by atoms with Gasteiger partial charge in [0, 0.05) is 25.7 Å². The summed E-state index contributed by atoms with van der Waals surface area (Å²) in [5, 5.41) is 24.8. The van der Waals surface area contributed by atoms with Crippen LogP contribution in [0.5, 0.6) is 23.0 Å². The Hall–Kier alpha value is -4.00. The van der Waals surface area contributed by atoms with Crippen molar-refractivity contribution in [2.24, 2.45) is 11.5 Å². The van der Waals surface area contributed by atoms with Crippen LogP contribution in [0.2, 0.25) is 0 Å². The number of nitrogens with two attached hydrogens (primary N) is 2. The summed E-state index contributed by atoms with van der Waals surface area (Å²) in [7, 11) is 0. The topological polar surface area (TPSA) is 111 Å². The van der Waals surface area contributed by atoms with Gasteiger partial charge in [0.1, 0.15) is 23.0 Å². The van der Waals surface area contributed by atoms with E-state index in [4.69, 9.17) is 20.9 Å². The minimum atomic E-state index is -0.166. The second kappa shape index (κ2) is 16.5. The minimum absolute atomic E-state index is 0.158. The maximum absolute atomic E-state index is 12.4. The maximum atomic E-state index is 12.4. The van der Waals surface area contributed by atoms with Crippen molar-refractivity contribution in [3.63, 3.8) is 0 Å². The third kappa shape index (κ3) is 9.92. The summed E-state index contributed by atoms with van der Waals surface area (Å²) in [4.78, 5) is 0. The molecule has 0 aliphatic heterocycles. The first kappa shape index (κ1) is 43.1. The molecule has 0 saturated heterocycles. The van der Waals surface area contributed by atoms with E-state index in [1.165, 1.54) is 11.1 Å². The molecule has 1 aliphatic carbocycles. The maximum Gasteiger partial charge on any atom is 0.126 e. The van der Waals surface area contributed by atoms with E-state index in [2.05, 4.69) is 132 Å². The van der Waals surface area contributed by atoms with Crippen LogP contribution in [-0.2, 0) is 47.3 Å². The number of aromatic hydroxyl groups is 2. The van der Waals surface area contributed by atoms with Crippen molar-refractivity contribution < 1.29 is 19.7 Å². The Morgan fingerprint density at radius 3 is 0.821 bits per heavy atom. The fourth-order valence-corrected chi connectivity index (χ4v) is 7.53. The van der Waals surface area contributed by atoms with Gasteiger partial charge in [0.05, 0.1) is 13.2 Å². The lowest BCUT2D eigenvalue weighted by Crippen LogP contribution is -2.17. The number of benzene rings is 4. The molecule has 0 atom stereocenters. The second-order valence-corrected chi connectivity index (χ2v) is 20.2. The fourth-order valence-electron chi connectivity index (χ4n) is 7.53. The van der Waals surface area contributed by atoms with Crippen LogP contribution in [0.4, 0.5) is 0 Å². The Kier molecular flexibility index (Phi) is 12.7. The fraction of sp³-hybridized carbons (Fsp3) is 0.520. The van der Waals surface area contributed by atoms with Gasteiger partial charge >= 0.3 is 0 Å². The average Bonchev–Trinajstić information content (AvgIpc) is 3.07. The van der Waals surface area contributed by atoms with Crippen molar-refractivity contribution in [3.8, 4) is 23.0 Å². The molecule has 0 heterocycles. The molecule has 304 valence electrons. The Bertz CT molecular complexity index is 1790. The SMILES string of the molecule is CC(C)(C)c1cc2c(O)c(c1)Cc1cc(C(C)(C)C)cc(c1OCCCN)Cc1cc(C(C)(C)C)cc(c1O)Cc1cc(C(C)(C)C)cc(c1OCCCN)C2. The molecular weight excluding hydrogens is 693 g/mol. The van der Waals surface area contributed by atoms with Crippen LogP contribution < -0.4 is 20.9 Å². The molecule has 0 amide bonds. The highest BCUT2D eigenvalue weighted by molar-refractivity contribution is 5.59. The van der Waals surface area contributed by atoms with Gasteiger partial charge in [0.25, 0.3) is 0 Å². The van der Waals surface area contributed by atoms with E-state index >= 15 is 0 Å². The quantitative estimate of drug-likeness (QED) is 0.117. The van der Waals surface area contributed by atoms with Crippen LogP contribution in [0.1, 0.15) is 163 Å². The first-order chi connectivity index (χ1) is 26.0. The van der Waals surface area contributed by atoms with Gasteiger partial charge < -0.3 is 31.2 Å². The summed E-state index contributed by atoms with van der Waals surface area (Å²) in [5.41, 5.74) is 23.5. The first-order valence-electron chi connectivity index (χ1n) is 20.7. The van der Waals surface area contributed by atoms with Gasteiger partial charge in [-0.3, -0.25) is 0 Å². The number of rotatable bonds is 8. The van der Waals surface area contributed by atoms with Crippen molar-refractivity contribution >= 4 is 0 Å². The zero-order valence-electron chi connectivity index (χ0n) is 36.6. The van der Waals surface area contributed by atoms with Crippen LogP contribution >= 0.6 is 0 Å². The third-order valence-electron chi connectivity index (χ3n) is 11.2. The molecule has 8 bridgehead atoms. The highest BCUT2D eigenvalue weighted by atomic mass is 16.5. The smallest absolute Gasteiger partial charge is 0.126 e. The molecule has 0 radical (unpaired) electrons. The van der Waals surface area contributed by atoms with E-state index in [-0.39, 0.29) is 21.7 Å². The molecule has 0 saturated carbocycles. The van der Waals surface area contributed by atoms with Crippen molar-refractivity contribution in [1.29, 1.82) is 0 Å². The van der Waals surface area contributed by atoms with Crippen molar-refractivity contribution in [3.05, 3.63) is 115 Å². The van der Waals surface area contributed by atoms with Crippen molar-refractivity contribution in [1.82, 2.24) is 0 Å². The predicted octanol–water partition coefficient (Wildman–Crippen LogP) is 10.4. The zero-order chi connectivity index (χ0) is 41.4. The van der Waals surface area contributed by atoms with E-state index < -0.39 is 0 Å². The molecule has 5 rings (SSSR count). The third-order valence-corrected chi connectivity index (χ3v) is 11.2. The van der Waals surface area contributed by atoms with E-state index in [0.29, 0.717) is 76.3 Å². The van der Waals surface area contributed by atoms with Gasteiger partial charge in [0.2, 0.25) is 0 Å². The molecule has 56 heavy (non-hydrogen) atoms. The summed E-state index contributed by atoms with van der Waals surface area (Å²) in [6, 6.07) is 17.7. The molecule has 6 N–H and O–H groups in total. The average molecular weight is 763 g/mol. The minimum Gasteiger partial charge on any atom is -0.507 e. The predicted molar refractivity (Wildman–Crippen MR) is 233 cm³/mol. The van der Waals surface area contributed by atoms with Crippen molar-refractivity contribution in [2.75, 3.05) is 26.3 Å². The van der Waals surface area contributed by atoms with Crippen LogP contribution in [0.3, 0.4) is 0 Å². The summed E-state index contributed by atoms with van der Waals surface area (Å²) in [6.45, 7) is 28.7. The lowest BCUT2D eigenvalue weighted by atomic mass is 9.79. The van der Waals surface area contributed by atoms with E-state index in [0.717, 1.165) is 67.1 Å². The summed E-state index contributed by atoms with van der Waals surface area (Å²) >= 11 is 0. The number of phenols is 2. The second-order valence-electron chi connectivity index (χ2n) is 20.2. The summed E-state index contributed by atoms with van der Waals surface area (Å²) in [5.74, 6) is 2.21. The van der Waals surface area contributed by atoms with Crippen LogP contribution in [0.15, 0.2) is 48.5 Å². The van der Waals surface area contributed by atoms with Gasteiger partial charge in [-0.2, -0.15) is 0 Å². The molecule has 4 aromatic rings. The van der Waals surface area contributed by atoms with Crippen LogP contribution in [-0.4, -0.2) is 36.5 Å². The Labute approximate surface area is 338 Å². The van der Waals surface area contributed by atoms with Gasteiger partial charge in [-0.1, -0.05) is 132 Å². The molecular formula is C50H70N2O4. The monoisotopic (exact) mass is 763 g/mol. The molecule has 4 aromatic carbocycles. The highest BCUT2D eigenvalue weighted by Gasteiger charge is 2.28. The van der Waals surface area contributed by atoms with Gasteiger partial charge in [0.15, 0.2) is 0 Å². The standard InChI is InChI=1S/C50H70N2O4/c1-47(2,3)39-23-31-19-35-27-41(49(7,8)9)29-37(45(35)55-17-13-15-51)21-33-25-40(48(4,5)6)26-34(44(33)54)22-38-30-42(50(10,11)12)28-36(20-32(24-39)43(31)53)46(38)56-18-14-16-52/h23-30,53-54H,13-22,51-52H2,1-12H3. The van der Waals surface area contributed by atoms with Gasteiger partial charge in [-0.15, -0.1) is 0 Å². The largest absolute Gasteiger partial charge is 0.507 e. The normalized spacial score (nSPS) is 13.8. The molecule has 6 nitrogen and oxygen atoms in total. The lowest BCUT2D eigenvalue weighted by molar-refractivity contribution is 0.307. The van der Waals surface area contributed by atoms with Crippen molar-refractivity contribution in [2.45, 2.75) is 143 Å². The van der Waals surface area contributed by atoms with E-state index in [1.54, 1.807) is 0 Å². The van der Waals surface area contributed by atoms with Crippen LogP contribution in [0, 0.1) is 0 Å². The molecule has 0 fully saturated rings. The van der Waals surface area contributed by atoms with Gasteiger partial charge in [-0.25, -0.2) is 0 Å². The van der Waals surface area contributed by atoms with Crippen LogP contribution in [0.25, 0.3) is 0 Å².